The van der Waals surface area contributed by atoms with E-state index in [-0.39, 0.29) is 28.7 Å². The minimum Gasteiger partial charge on any atom is -0.278 e. The Labute approximate surface area is 155 Å². The van der Waals surface area contributed by atoms with Crippen LogP contribution in [0.25, 0.3) is 0 Å². The van der Waals surface area contributed by atoms with Crippen LogP contribution in [0.15, 0.2) is 29.2 Å². The molecule has 1 aliphatic rings. The molecule has 7 nitrogen and oxygen atoms in total. The summed E-state index contributed by atoms with van der Waals surface area (Å²) in [5.74, 6) is -0.163. The standard InChI is InChI=1S/C17H26N2O5S2/c1-13(2)3-4-14-5-7-16(8-6-14)26(23,24)19-18-17(20)11-15-9-10-25(21,22)12-15/h5-8,13,15,19H,3-4,9-12H2,1-2H3,(H,18,20). The minimum atomic E-state index is -3.86. The monoisotopic (exact) mass is 402 g/mol. The van der Waals surface area contributed by atoms with Crippen LogP contribution in [0.3, 0.4) is 0 Å². The molecule has 1 fully saturated rings. The van der Waals surface area contributed by atoms with Crippen molar-refractivity contribution in [3.05, 3.63) is 29.8 Å². The van der Waals surface area contributed by atoms with Crippen molar-refractivity contribution in [3.8, 4) is 0 Å². The summed E-state index contributed by atoms with van der Waals surface area (Å²) in [7, 11) is -6.92. The lowest BCUT2D eigenvalue weighted by Crippen LogP contribution is -2.42. The molecule has 1 unspecified atom stereocenters. The molecule has 2 N–H and O–H groups in total. The van der Waals surface area contributed by atoms with Gasteiger partial charge in [-0.15, -0.1) is 4.83 Å². The molecule has 1 heterocycles. The zero-order valence-electron chi connectivity index (χ0n) is 15.1. The summed E-state index contributed by atoms with van der Waals surface area (Å²) < 4.78 is 47.3. The summed E-state index contributed by atoms with van der Waals surface area (Å²) in [6.07, 6.45) is 2.32. The summed E-state index contributed by atoms with van der Waals surface area (Å²) in [5, 5.41) is 0. The second-order valence-electron chi connectivity index (χ2n) is 7.20. The minimum absolute atomic E-state index is 0.0180. The fraction of sp³-hybridized carbons (Fsp3) is 0.588. The van der Waals surface area contributed by atoms with Gasteiger partial charge in [-0.05, 0) is 48.8 Å². The molecule has 1 aromatic carbocycles. The van der Waals surface area contributed by atoms with Crippen LogP contribution in [-0.4, -0.2) is 34.2 Å². The van der Waals surface area contributed by atoms with Crippen LogP contribution in [0.1, 0.15) is 38.7 Å². The second-order valence-corrected chi connectivity index (χ2v) is 11.1. The third-order valence-electron chi connectivity index (χ3n) is 4.37. The number of amides is 1. The van der Waals surface area contributed by atoms with Crippen LogP contribution in [-0.2, 0) is 31.1 Å². The maximum absolute atomic E-state index is 12.2. The number of benzene rings is 1. The summed E-state index contributed by atoms with van der Waals surface area (Å²) in [4.78, 5) is 14.0. The number of hydrogen-bond donors (Lipinski definition) is 2. The Morgan fingerprint density at radius 1 is 1.23 bits per heavy atom. The largest absolute Gasteiger partial charge is 0.278 e. The number of aryl methyl sites for hydroxylation is 1. The lowest BCUT2D eigenvalue weighted by molar-refractivity contribution is -0.122. The average molecular weight is 403 g/mol. The van der Waals surface area contributed by atoms with E-state index in [9.17, 15) is 21.6 Å². The van der Waals surface area contributed by atoms with Crippen molar-refractivity contribution in [2.45, 2.75) is 44.4 Å². The zero-order valence-corrected chi connectivity index (χ0v) is 16.7. The van der Waals surface area contributed by atoms with Crippen molar-refractivity contribution in [2.75, 3.05) is 11.5 Å². The van der Waals surface area contributed by atoms with Gasteiger partial charge in [-0.25, -0.2) is 16.8 Å². The van der Waals surface area contributed by atoms with E-state index in [1.165, 1.54) is 12.1 Å². The van der Waals surface area contributed by atoms with Crippen molar-refractivity contribution in [1.29, 1.82) is 0 Å². The van der Waals surface area contributed by atoms with Gasteiger partial charge in [0.1, 0.15) is 0 Å². The highest BCUT2D eigenvalue weighted by atomic mass is 32.2. The van der Waals surface area contributed by atoms with Crippen molar-refractivity contribution >= 4 is 25.8 Å². The van der Waals surface area contributed by atoms with Gasteiger partial charge in [0.2, 0.25) is 5.91 Å². The molecule has 1 amide bonds. The Morgan fingerprint density at radius 3 is 2.42 bits per heavy atom. The lowest BCUT2D eigenvalue weighted by Gasteiger charge is -2.11. The number of carbonyl (C=O) groups excluding carboxylic acids is 1. The Balaban J connectivity index is 1.87. The molecular formula is C17H26N2O5S2. The Kier molecular flexibility index (Phi) is 6.81. The molecule has 9 heteroatoms. The van der Waals surface area contributed by atoms with Gasteiger partial charge in [0.15, 0.2) is 9.84 Å². The van der Waals surface area contributed by atoms with Gasteiger partial charge in [0.05, 0.1) is 16.4 Å². The Hall–Kier alpha value is -1.45. The van der Waals surface area contributed by atoms with Gasteiger partial charge in [0, 0.05) is 6.42 Å². The van der Waals surface area contributed by atoms with Gasteiger partial charge >= 0.3 is 0 Å². The van der Waals surface area contributed by atoms with Crippen molar-refractivity contribution in [2.24, 2.45) is 11.8 Å². The summed E-state index contributed by atoms with van der Waals surface area (Å²) in [6.45, 7) is 4.26. The van der Waals surface area contributed by atoms with E-state index in [1.807, 2.05) is 0 Å². The number of sulfone groups is 1. The molecule has 0 bridgehead atoms. The number of hydrogen-bond acceptors (Lipinski definition) is 5. The van der Waals surface area contributed by atoms with Gasteiger partial charge in [-0.3, -0.25) is 10.2 Å². The Morgan fingerprint density at radius 2 is 1.88 bits per heavy atom. The van der Waals surface area contributed by atoms with Crippen LogP contribution in [0, 0.1) is 11.8 Å². The summed E-state index contributed by atoms with van der Waals surface area (Å²) in [6, 6.07) is 6.55. The van der Waals surface area contributed by atoms with Crippen molar-refractivity contribution in [3.63, 3.8) is 0 Å². The zero-order chi connectivity index (χ0) is 19.4. The van der Waals surface area contributed by atoms with E-state index in [0.29, 0.717) is 12.3 Å². The molecular weight excluding hydrogens is 376 g/mol. The Bertz CT molecular complexity index is 830. The number of hydrazine groups is 1. The fourth-order valence-electron chi connectivity index (χ4n) is 2.82. The normalized spacial score (nSPS) is 19.6. The van der Waals surface area contributed by atoms with Crippen LogP contribution < -0.4 is 10.3 Å². The van der Waals surface area contributed by atoms with E-state index < -0.39 is 25.8 Å². The quantitative estimate of drug-likeness (QED) is 0.639. The van der Waals surface area contributed by atoms with Gasteiger partial charge < -0.3 is 0 Å². The molecule has 0 saturated carbocycles. The predicted octanol–water partition coefficient (Wildman–Crippen LogP) is 1.41. The lowest BCUT2D eigenvalue weighted by atomic mass is 10.0. The van der Waals surface area contributed by atoms with Crippen LogP contribution >= 0.6 is 0 Å². The number of rotatable bonds is 8. The van der Waals surface area contributed by atoms with Crippen LogP contribution in [0.5, 0.6) is 0 Å². The number of sulfonamides is 1. The van der Waals surface area contributed by atoms with E-state index in [2.05, 4.69) is 24.1 Å². The molecule has 1 saturated heterocycles. The highest BCUT2D eigenvalue weighted by molar-refractivity contribution is 7.91. The molecule has 0 radical (unpaired) electrons. The van der Waals surface area contributed by atoms with Gasteiger partial charge in [-0.2, -0.15) is 0 Å². The number of nitrogens with one attached hydrogen (secondary N) is 2. The smallest absolute Gasteiger partial charge is 0.257 e. The molecule has 1 aliphatic heterocycles. The van der Waals surface area contributed by atoms with Crippen molar-refractivity contribution < 1.29 is 21.6 Å². The average Bonchev–Trinajstić information content (AvgIpc) is 2.90. The second kappa shape index (κ2) is 8.49. The first-order chi connectivity index (χ1) is 12.1. The molecule has 0 spiro atoms. The third-order valence-corrected chi connectivity index (χ3v) is 7.47. The van der Waals surface area contributed by atoms with E-state index in [4.69, 9.17) is 0 Å². The van der Waals surface area contributed by atoms with E-state index in [1.54, 1.807) is 12.1 Å². The van der Waals surface area contributed by atoms with Crippen LogP contribution in [0.2, 0.25) is 0 Å². The van der Waals surface area contributed by atoms with E-state index >= 15 is 0 Å². The molecule has 146 valence electrons. The van der Waals surface area contributed by atoms with Gasteiger partial charge in [0.25, 0.3) is 10.0 Å². The summed E-state index contributed by atoms with van der Waals surface area (Å²) >= 11 is 0. The molecule has 2 rings (SSSR count). The molecule has 1 atom stereocenters. The first kappa shape index (κ1) is 20.9. The topological polar surface area (TPSA) is 109 Å². The fourth-order valence-corrected chi connectivity index (χ4v) is 5.54. The van der Waals surface area contributed by atoms with Crippen molar-refractivity contribution in [1.82, 2.24) is 10.3 Å². The predicted molar refractivity (Wildman–Crippen MR) is 99.4 cm³/mol. The third kappa shape index (κ3) is 6.37. The molecule has 0 aliphatic carbocycles. The number of carbonyl (C=O) groups is 1. The molecule has 1 aromatic rings. The van der Waals surface area contributed by atoms with Gasteiger partial charge in [-0.1, -0.05) is 26.0 Å². The first-order valence-electron chi connectivity index (χ1n) is 8.67. The maximum Gasteiger partial charge on any atom is 0.257 e. The molecule has 0 aromatic heterocycles. The SMILES string of the molecule is CC(C)CCc1ccc(S(=O)(=O)NNC(=O)CC2CCS(=O)(=O)C2)cc1. The summed E-state index contributed by atoms with van der Waals surface area (Å²) in [5.41, 5.74) is 3.22. The first-order valence-corrected chi connectivity index (χ1v) is 12.0. The molecule has 26 heavy (non-hydrogen) atoms. The highest BCUT2D eigenvalue weighted by Gasteiger charge is 2.29. The van der Waals surface area contributed by atoms with E-state index in [0.717, 1.165) is 18.4 Å². The highest BCUT2D eigenvalue weighted by Crippen LogP contribution is 2.21. The van der Waals surface area contributed by atoms with Crippen LogP contribution in [0.4, 0.5) is 0 Å². The maximum atomic E-state index is 12.2.